The average molecular weight is 189 g/mol. The highest BCUT2D eigenvalue weighted by Gasteiger charge is 2.09. The van der Waals surface area contributed by atoms with Gasteiger partial charge >= 0.3 is 0 Å². The molecular formula is C8H9F2NO2. The van der Waals surface area contributed by atoms with Crippen molar-refractivity contribution in [3.05, 3.63) is 29.3 Å². The molecular weight excluding hydrogens is 180 g/mol. The number of hydrogen-bond donors (Lipinski definition) is 2. The molecule has 3 nitrogen and oxygen atoms in total. The van der Waals surface area contributed by atoms with E-state index in [-0.39, 0.29) is 12.1 Å². The molecule has 0 unspecified atom stereocenters. The van der Waals surface area contributed by atoms with Crippen molar-refractivity contribution in [2.24, 2.45) is 0 Å². The molecule has 0 spiro atoms. The molecule has 1 aromatic carbocycles. The minimum absolute atomic E-state index is 0.0194. The van der Waals surface area contributed by atoms with Crippen LogP contribution < -0.4 is 5.48 Å². The fourth-order valence-electron chi connectivity index (χ4n) is 0.909. The molecule has 5 heteroatoms. The zero-order valence-electron chi connectivity index (χ0n) is 6.97. The first kappa shape index (κ1) is 9.88. The Morgan fingerprint density at radius 3 is 2.69 bits per heavy atom. The van der Waals surface area contributed by atoms with Crippen molar-refractivity contribution < 1.29 is 18.7 Å². The molecule has 13 heavy (non-hydrogen) atoms. The fraction of sp³-hybridized carbons (Fsp3) is 0.250. The van der Waals surface area contributed by atoms with Crippen molar-refractivity contribution in [2.75, 3.05) is 7.11 Å². The van der Waals surface area contributed by atoms with Crippen LogP contribution in [-0.2, 0) is 11.4 Å². The third-order valence-electron chi connectivity index (χ3n) is 1.53. The summed E-state index contributed by atoms with van der Waals surface area (Å²) >= 11 is 0. The fourth-order valence-corrected chi connectivity index (χ4v) is 0.909. The van der Waals surface area contributed by atoms with E-state index in [1.807, 2.05) is 0 Å². The molecule has 0 aliphatic carbocycles. The van der Waals surface area contributed by atoms with Gasteiger partial charge in [-0.2, -0.15) is 5.48 Å². The monoisotopic (exact) mass is 189 g/mol. The Hall–Kier alpha value is -1.20. The summed E-state index contributed by atoms with van der Waals surface area (Å²) in [5, 5.41) is 9.12. The number of halogens is 2. The van der Waals surface area contributed by atoms with Crippen LogP contribution in [0.1, 0.15) is 5.56 Å². The number of aromatic hydroxyl groups is 1. The number of hydroxylamine groups is 1. The van der Waals surface area contributed by atoms with Gasteiger partial charge in [-0.15, -0.1) is 0 Å². The molecule has 2 N–H and O–H groups in total. The Labute approximate surface area is 73.9 Å². The van der Waals surface area contributed by atoms with Crippen LogP contribution in [0.2, 0.25) is 0 Å². The number of hydrogen-bond acceptors (Lipinski definition) is 3. The maximum atomic E-state index is 12.9. The molecule has 0 aliphatic heterocycles. The normalized spacial score (nSPS) is 10.4. The van der Waals surface area contributed by atoms with E-state index in [4.69, 9.17) is 5.11 Å². The minimum Gasteiger partial charge on any atom is -0.507 e. The van der Waals surface area contributed by atoms with Gasteiger partial charge in [-0.25, -0.2) is 8.78 Å². The first-order chi connectivity index (χ1) is 6.15. The predicted octanol–water partition coefficient (Wildman–Crippen LogP) is 1.32. The number of phenols is 1. The zero-order valence-corrected chi connectivity index (χ0v) is 6.97. The lowest BCUT2D eigenvalue weighted by Gasteiger charge is -2.06. The first-order valence-corrected chi connectivity index (χ1v) is 3.58. The van der Waals surface area contributed by atoms with E-state index in [2.05, 4.69) is 10.3 Å². The van der Waals surface area contributed by atoms with E-state index in [0.29, 0.717) is 6.07 Å². The van der Waals surface area contributed by atoms with Crippen LogP contribution in [0.25, 0.3) is 0 Å². The van der Waals surface area contributed by atoms with E-state index in [1.54, 1.807) is 0 Å². The molecule has 0 fully saturated rings. The van der Waals surface area contributed by atoms with Crippen molar-refractivity contribution >= 4 is 0 Å². The first-order valence-electron chi connectivity index (χ1n) is 3.58. The Bertz CT molecular complexity index is 281. The summed E-state index contributed by atoms with van der Waals surface area (Å²) in [5.74, 6) is -2.04. The second kappa shape index (κ2) is 4.15. The van der Waals surface area contributed by atoms with Gasteiger partial charge < -0.3 is 9.94 Å². The molecule has 0 atom stereocenters. The maximum absolute atomic E-state index is 12.9. The van der Waals surface area contributed by atoms with Crippen LogP contribution in [0.4, 0.5) is 8.78 Å². The average Bonchev–Trinajstić information content (AvgIpc) is 2.02. The Balaban J connectivity index is 2.92. The molecule has 1 rings (SSSR count). The Kier molecular flexibility index (Phi) is 3.16. The smallest absolute Gasteiger partial charge is 0.134 e. The number of phenolic OH excluding ortho intramolecular Hbond substituents is 1. The van der Waals surface area contributed by atoms with Crippen LogP contribution in [0.15, 0.2) is 12.1 Å². The van der Waals surface area contributed by atoms with Crippen molar-refractivity contribution in [3.63, 3.8) is 0 Å². The minimum atomic E-state index is -0.809. The van der Waals surface area contributed by atoms with Crippen LogP contribution in [0.5, 0.6) is 5.75 Å². The molecule has 0 amide bonds. The van der Waals surface area contributed by atoms with E-state index in [9.17, 15) is 8.78 Å². The van der Waals surface area contributed by atoms with Crippen LogP contribution in [0, 0.1) is 11.6 Å². The molecule has 72 valence electrons. The zero-order chi connectivity index (χ0) is 9.84. The maximum Gasteiger partial charge on any atom is 0.134 e. The van der Waals surface area contributed by atoms with Gasteiger partial charge in [0.15, 0.2) is 0 Å². The largest absolute Gasteiger partial charge is 0.507 e. The van der Waals surface area contributed by atoms with Gasteiger partial charge in [0, 0.05) is 17.7 Å². The summed E-state index contributed by atoms with van der Waals surface area (Å²) in [7, 11) is 1.36. The van der Waals surface area contributed by atoms with Gasteiger partial charge in [-0.05, 0) is 0 Å². The standard InChI is InChI=1S/C8H9F2NO2/c1-13-11-4-6-7(10)2-5(9)3-8(6)12/h2-3,11-12H,4H2,1H3. The quantitative estimate of drug-likeness (QED) is 0.704. The number of nitrogens with one attached hydrogen (secondary N) is 1. The predicted molar refractivity (Wildman–Crippen MR) is 41.9 cm³/mol. The van der Waals surface area contributed by atoms with Crippen LogP contribution in [0.3, 0.4) is 0 Å². The molecule has 0 heterocycles. The second-order valence-corrected chi connectivity index (χ2v) is 2.41. The summed E-state index contributed by atoms with van der Waals surface area (Å²) in [6.45, 7) is -0.0194. The van der Waals surface area contributed by atoms with Gasteiger partial charge in [0.2, 0.25) is 0 Å². The van der Waals surface area contributed by atoms with Crippen molar-refractivity contribution in [1.82, 2.24) is 5.48 Å². The lowest BCUT2D eigenvalue weighted by atomic mass is 10.2. The van der Waals surface area contributed by atoms with Gasteiger partial charge in [-0.3, -0.25) is 0 Å². The van der Waals surface area contributed by atoms with Crippen LogP contribution in [-0.4, -0.2) is 12.2 Å². The third-order valence-corrected chi connectivity index (χ3v) is 1.53. The molecule has 0 radical (unpaired) electrons. The van der Waals surface area contributed by atoms with E-state index >= 15 is 0 Å². The molecule has 1 aromatic rings. The van der Waals surface area contributed by atoms with Crippen molar-refractivity contribution in [2.45, 2.75) is 6.54 Å². The van der Waals surface area contributed by atoms with Gasteiger partial charge in [0.1, 0.15) is 17.4 Å². The Morgan fingerprint density at radius 1 is 1.46 bits per heavy atom. The summed E-state index contributed by atoms with van der Waals surface area (Å²) in [4.78, 5) is 4.46. The van der Waals surface area contributed by atoms with Crippen LogP contribution >= 0.6 is 0 Å². The SMILES string of the molecule is CONCc1c(O)cc(F)cc1F. The lowest BCUT2D eigenvalue weighted by Crippen LogP contribution is -2.12. The topological polar surface area (TPSA) is 41.5 Å². The highest BCUT2D eigenvalue weighted by molar-refractivity contribution is 5.33. The summed E-state index contributed by atoms with van der Waals surface area (Å²) < 4.78 is 25.4. The molecule has 0 aliphatic rings. The van der Waals surface area contributed by atoms with Gasteiger partial charge in [0.05, 0.1) is 13.7 Å². The highest BCUT2D eigenvalue weighted by Crippen LogP contribution is 2.21. The molecule has 0 aromatic heterocycles. The lowest BCUT2D eigenvalue weighted by molar-refractivity contribution is 0.0852. The van der Waals surface area contributed by atoms with E-state index in [1.165, 1.54) is 7.11 Å². The summed E-state index contributed by atoms with van der Waals surface area (Å²) in [6, 6.07) is 1.54. The van der Waals surface area contributed by atoms with Crippen molar-refractivity contribution in [3.8, 4) is 5.75 Å². The summed E-state index contributed by atoms with van der Waals surface area (Å²) in [6.07, 6.45) is 0. The summed E-state index contributed by atoms with van der Waals surface area (Å²) in [5.41, 5.74) is 2.32. The third kappa shape index (κ3) is 2.37. The molecule has 0 saturated heterocycles. The van der Waals surface area contributed by atoms with Gasteiger partial charge in [0.25, 0.3) is 0 Å². The van der Waals surface area contributed by atoms with E-state index < -0.39 is 17.4 Å². The highest BCUT2D eigenvalue weighted by atomic mass is 19.1. The second-order valence-electron chi connectivity index (χ2n) is 2.41. The van der Waals surface area contributed by atoms with E-state index in [0.717, 1.165) is 6.07 Å². The van der Waals surface area contributed by atoms with Crippen molar-refractivity contribution in [1.29, 1.82) is 0 Å². The number of rotatable bonds is 3. The molecule has 0 saturated carbocycles. The number of benzene rings is 1. The van der Waals surface area contributed by atoms with Gasteiger partial charge in [-0.1, -0.05) is 0 Å². The molecule has 0 bridgehead atoms. The Morgan fingerprint density at radius 2 is 2.15 bits per heavy atom.